The van der Waals surface area contributed by atoms with Crippen LogP contribution in [0.4, 0.5) is 5.69 Å². The van der Waals surface area contributed by atoms with Crippen LogP contribution in [0.15, 0.2) is 48.5 Å². The Hall–Kier alpha value is -3.88. The van der Waals surface area contributed by atoms with Crippen LogP contribution in [0, 0.1) is 10.1 Å². The van der Waals surface area contributed by atoms with Crippen molar-refractivity contribution in [3.8, 4) is 11.5 Å². The van der Waals surface area contributed by atoms with Gasteiger partial charge in [-0.2, -0.15) is 0 Å². The van der Waals surface area contributed by atoms with Gasteiger partial charge in [0.15, 0.2) is 17.6 Å². The number of rotatable bonds is 7. The molecule has 2 aromatic rings. The number of nitro benzene ring substituents is 1. The van der Waals surface area contributed by atoms with Crippen LogP contribution in [0.1, 0.15) is 18.1 Å². The van der Waals surface area contributed by atoms with Crippen molar-refractivity contribution in [2.24, 2.45) is 0 Å². The van der Waals surface area contributed by atoms with Crippen molar-refractivity contribution in [3.63, 3.8) is 0 Å². The highest BCUT2D eigenvalue weighted by atomic mass is 16.7. The Labute approximate surface area is 166 Å². The van der Waals surface area contributed by atoms with E-state index in [1.807, 2.05) is 0 Å². The van der Waals surface area contributed by atoms with Crippen molar-refractivity contribution < 1.29 is 28.7 Å². The lowest BCUT2D eigenvalue weighted by Crippen LogP contribution is -2.35. The van der Waals surface area contributed by atoms with Gasteiger partial charge in [0.2, 0.25) is 6.79 Å². The molecule has 0 aliphatic carbocycles. The molecule has 1 aliphatic rings. The molecule has 0 unspecified atom stereocenters. The number of nitrogens with zero attached hydrogens (tertiary/aromatic N) is 1. The van der Waals surface area contributed by atoms with Crippen LogP contribution in [0.3, 0.4) is 0 Å². The number of benzene rings is 2. The van der Waals surface area contributed by atoms with Crippen molar-refractivity contribution in [2.75, 3.05) is 6.79 Å². The number of hydrogen-bond donors (Lipinski definition) is 1. The van der Waals surface area contributed by atoms with E-state index in [1.165, 1.54) is 31.2 Å². The second-order valence-corrected chi connectivity index (χ2v) is 6.13. The fourth-order valence-electron chi connectivity index (χ4n) is 2.60. The van der Waals surface area contributed by atoms with E-state index in [9.17, 15) is 19.7 Å². The molecule has 1 amide bonds. The van der Waals surface area contributed by atoms with Crippen LogP contribution < -0.4 is 14.8 Å². The van der Waals surface area contributed by atoms with E-state index in [0.29, 0.717) is 11.5 Å². The Morgan fingerprint density at radius 1 is 1.24 bits per heavy atom. The van der Waals surface area contributed by atoms with Crippen molar-refractivity contribution in [2.45, 2.75) is 19.6 Å². The highest BCUT2D eigenvalue weighted by molar-refractivity contribution is 5.90. The number of amides is 1. The third-order valence-electron chi connectivity index (χ3n) is 4.10. The highest BCUT2D eigenvalue weighted by Gasteiger charge is 2.18. The summed E-state index contributed by atoms with van der Waals surface area (Å²) in [5.74, 6) is -0.00632. The zero-order valence-corrected chi connectivity index (χ0v) is 15.5. The van der Waals surface area contributed by atoms with E-state index >= 15 is 0 Å². The number of para-hydroxylation sites is 1. The number of nitro groups is 1. The molecule has 0 saturated heterocycles. The van der Waals surface area contributed by atoms with Gasteiger partial charge in [-0.15, -0.1) is 0 Å². The summed E-state index contributed by atoms with van der Waals surface area (Å²) in [5, 5.41) is 13.6. The van der Waals surface area contributed by atoms with Gasteiger partial charge in [0, 0.05) is 18.7 Å². The quantitative estimate of drug-likeness (QED) is 0.330. The van der Waals surface area contributed by atoms with Gasteiger partial charge in [0.05, 0.1) is 10.5 Å². The molecule has 3 rings (SSSR count). The second kappa shape index (κ2) is 8.87. The third kappa shape index (κ3) is 5.10. The van der Waals surface area contributed by atoms with Gasteiger partial charge in [-0.3, -0.25) is 14.9 Å². The fraction of sp³-hybridized carbons (Fsp3) is 0.200. The molecule has 0 fully saturated rings. The van der Waals surface area contributed by atoms with Gasteiger partial charge >= 0.3 is 5.97 Å². The summed E-state index contributed by atoms with van der Waals surface area (Å²) >= 11 is 0. The summed E-state index contributed by atoms with van der Waals surface area (Å²) in [4.78, 5) is 34.5. The Morgan fingerprint density at radius 3 is 2.79 bits per heavy atom. The molecule has 29 heavy (non-hydrogen) atoms. The maximum atomic E-state index is 12.1. The zero-order valence-electron chi connectivity index (χ0n) is 15.5. The lowest BCUT2D eigenvalue weighted by molar-refractivity contribution is -0.385. The monoisotopic (exact) mass is 398 g/mol. The minimum atomic E-state index is -1.04. The number of esters is 1. The molecule has 2 aromatic carbocycles. The number of carbonyl (C=O) groups excluding carboxylic acids is 2. The molecule has 1 heterocycles. The standard InChI is InChI=1S/C20H18N2O7/c1-13(20(24)21-11-14-6-8-17-18(10-14)28-12-27-17)29-19(23)9-7-15-4-2-3-5-16(15)22(25)26/h2-10,13H,11-12H2,1H3,(H,21,24)/b9-7+/t13-/m0/s1. The number of nitrogens with one attached hydrogen (secondary N) is 1. The van der Waals surface area contributed by atoms with E-state index in [4.69, 9.17) is 14.2 Å². The Bertz CT molecular complexity index is 971. The molecule has 0 aromatic heterocycles. The lowest BCUT2D eigenvalue weighted by atomic mass is 10.1. The van der Waals surface area contributed by atoms with E-state index in [-0.39, 0.29) is 24.6 Å². The molecule has 9 nitrogen and oxygen atoms in total. The van der Waals surface area contributed by atoms with Gasteiger partial charge in [0.25, 0.3) is 11.6 Å². The number of hydrogen-bond acceptors (Lipinski definition) is 7. The molecule has 1 atom stereocenters. The molecule has 0 saturated carbocycles. The smallest absolute Gasteiger partial charge is 0.331 e. The summed E-state index contributed by atoms with van der Waals surface area (Å²) in [7, 11) is 0. The molecule has 0 bridgehead atoms. The molecule has 1 N–H and O–H groups in total. The van der Waals surface area contributed by atoms with Gasteiger partial charge in [-0.05, 0) is 36.8 Å². The molecular weight excluding hydrogens is 380 g/mol. The average molecular weight is 398 g/mol. The van der Waals surface area contributed by atoms with Crippen LogP contribution >= 0.6 is 0 Å². The summed E-state index contributed by atoms with van der Waals surface area (Å²) in [5.41, 5.74) is 0.929. The maximum Gasteiger partial charge on any atom is 0.331 e. The minimum absolute atomic E-state index is 0.133. The molecule has 9 heteroatoms. The first-order valence-electron chi connectivity index (χ1n) is 8.72. The first kappa shape index (κ1) is 19.9. The second-order valence-electron chi connectivity index (χ2n) is 6.13. The first-order valence-corrected chi connectivity index (χ1v) is 8.72. The molecule has 1 aliphatic heterocycles. The van der Waals surface area contributed by atoms with Crippen molar-refractivity contribution in [1.29, 1.82) is 0 Å². The van der Waals surface area contributed by atoms with Crippen LogP contribution in [0.5, 0.6) is 11.5 Å². The number of ether oxygens (including phenoxy) is 3. The SMILES string of the molecule is C[C@H](OC(=O)/C=C/c1ccccc1[N+](=O)[O-])C(=O)NCc1ccc2c(c1)OCO2. The summed E-state index contributed by atoms with van der Waals surface area (Å²) in [6.07, 6.45) is 1.29. The Morgan fingerprint density at radius 2 is 2.00 bits per heavy atom. The molecule has 0 spiro atoms. The van der Waals surface area contributed by atoms with Crippen LogP contribution in [0.25, 0.3) is 6.08 Å². The summed E-state index contributed by atoms with van der Waals surface area (Å²) < 4.78 is 15.5. The molecular formula is C20H18N2O7. The van der Waals surface area contributed by atoms with Crippen molar-refractivity contribution in [1.82, 2.24) is 5.32 Å². The molecule has 150 valence electrons. The van der Waals surface area contributed by atoms with E-state index in [1.54, 1.807) is 24.3 Å². The van der Waals surface area contributed by atoms with E-state index in [0.717, 1.165) is 11.6 Å². The van der Waals surface area contributed by atoms with Crippen LogP contribution in [-0.2, 0) is 20.9 Å². The van der Waals surface area contributed by atoms with Crippen molar-refractivity contribution in [3.05, 3.63) is 69.8 Å². The topological polar surface area (TPSA) is 117 Å². The predicted molar refractivity (Wildman–Crippen MR) is 102 cm³/mol. The molecule has 0 radical (unpaired) electrons. The van der Waals surface area contributed by atoms with Gasteiger partial charge < -0.3 is 19.5 Å². The van der Waals surface area contributed by atoms with Crippen molar-refractivity contribution >= 4 is 23.6 Å². The predicted octanol–water partition coefficient (Wildman–Crippen LogP) is 2.58. The minimum Gasteiger partial charge on any atom is -0.454 e. The Balaban J connectivity index is 1.51. The third-order valence-corrected chi connectivity index (χ3v) is 4.10. The van der Waals surface area contributed by atoms with Gasteiger partial charge in [-0.25, -0.2) is 4.79 Å². The maximum absolute atomic E-state index is 12.1. The fourth-order valence-corrected chi connectivity index (χ4v) is 2.60. The van der Waals surface area contributed by atoms with Crippen LogP contribution in [-0.4, -0.2) is 29.7 Å². The lowest BCUT2D eigenvalue weighted by Gasteiger charge is -2.12. The summed E-state index contributed by atoms with van der Waals surface area (Å²) in [6.45, 7) is 1.83. The van der Waals surface area contributed by atoms with E-state index < -0.39 is 22.9 Å². The van der Waals surface area contributed by atoms with Crippen LogP contribution in [0.2, 0.25) is 0 Å². The Kier molecular flexibility index (Phi) is 6.08. The average Bonchev–Trinajstić information content (AvgIpc) is 3.18. The highest BCUT2D eigenvalue weighted by Crippen LogP contribution is 2.32. The number of fused-ring (bicyclic) bond motifs is 1. The number of carbonyl (C=O) groups is 2. The first-order chi connectivity index (χ1) is 13.9. The van der Waals surface area contributed by atoms with E-state index in [2.05, 4.69) is 5.32 Å². The zero-order chi connectivity index (χ0) is 20.8. The van der Waals surface area contributed by atoms with Gasteiger partial charge in [0.1, 0.15) is 0 Å². The largest absolute Gasteiger partial charge is 0.454 e. The normalized spacial score (nSPS) is 13.1. The summed E-state index contributed by atoms with van der Waals surface area (Å²) in [6, 6.07) is 11.3. The van der Waals surface area contributed by atoms with Gasteiger partial charge in [-0.1, -0.05) is 18.2 Å².